The van der Waals surface area contributed by atoms with Crippen LogP contribution in [0.5, 0.6) is 0 Å². The van der Waals surface area contributed by atoms with Gasteiger partial charge in [-0.25, -0.2) is 4.79 Å². The number of rotatable bonds is 7. The van der Waals surface area contributed by atoms with Crippen molar-refractivity contribution in [1.82, 2.24) is 25.2 Å². The predicted octanol–water partition coefficient (Wildman–Crippen LogP) is 3.55. The zero-order chi connectivity index (χ0) is 21.5. The minimum absolute atomic E-state index is 0.0195. The molecule has 1 aliphatic rings. The van der Waals surface area contributed by atoms with E-state index in [0.717, 1.165) is 24.8 Å². The highest BCUT2D eigenvalue weighted by Gasteiger charge is 2.24. The van der Waals surface area contributed by atoms with Gasteiger partial charge in [-0.15, -0.1) is 5.10 Å². The highest BCUT2D eigenvalue weighted by atomic mass is 35.5. The van der Waals surface area contributed by atoms with Crippen molar-refractivity contribution in [3.8, 4) is 0 Å². The third-order valence-electron chi connectivity index (χ3n) is 5.26. The van der Waals surface area contributed by atoms with Crippen molar-refractivity contribution in [2.24, 2.45) is 5.92 Å². The standard InChI is InChI=1S/C20H25Cl2N5O3/c1-26(19(28)11-18-12-23-25-24-18)5-2-14-3-6-27(7-4-14)20(29)30-13-15-8-16(21)10-17(22)9-15/h8-10,12,14H,2-7,11,13H2,1H3,(H,23,24,25). The Morgan fingerprint density at radius 1 is 1.23 bits per heavy atom. The number of nitrogens with zero attached hydrogens (tertiary/aromatic N) is 4. The van der Waals surface area contributed by atoms with Crippen LogP contribution in [0.15, 0.2) is 24.4 Å². The van der Waals surface area contributed by atoms with Crippen LogP contribution in [0.3, 0.4) is 0 Å². The topological polar surface area (TPSA) is 91.4 Å². The van der Waals surface area contributed by atoms with Crippen molar-refractivity contribution >= 4 is 35.2 Å². The SMILES string of the molecule is CN(CCC1CCN(C(=O)OCc2cc(Cl)cc(Cl)c2)CC1)C(=O)Cc1c[nH]nn1. The quantitative estimate of drug-likeness (QED) is 0.691. The molecule has 0 aliphatic carbocycles. The van der Waals surface area contributed by atoms with Crippen LogP contribution in [0.25, 0.3) is 0 Å². The Bertz CT molecular complexity index is 834. The van der Waals surface area contributed by atoms with Crippen molar-refractivity contribution in [2.75, 3.05) is 26.7 Å². The second-order valence-corrected chi connectivity index (χ2v) is 8.38. The summed E-state index contributed by atoms with van der Waals surface area (Å²) in [6.07, 6.45) is 4.23. The van der Waals surface area contributed by atoms with Gasteiger partial charge in [0.1, 0.15) is 6.61 Å². The number of nitrogens with one attached hydrogen (secondary N) is 1. The van der Waals surface area contributed by atoms with E-state index in [2.05, 4.69) is 15.4 Å². The highest BCUT2D eigenvalue weighted by molar-refractivity contribution is 6.34. The average Bonchev–Trinajstić information content (AvgIpc) is 3.23. The van der Waals surface area contributed by atoms with Crippen LogP contribution >= 0.6 is 23.2 Å². The molecule has 3 rings (SSSR count). The minimum atomic E-state index is -0.329. The number of halogens is 2. The molecule has 2 heterocycles. The molecule has 2 aromatic rings. The van der Waals surface area contributed by atoms with Gasteiger partial charge in [0.15, 0.2) is 0 Å². The number of hydrogen-bond acceptors (Lipinski definition) is 5. The summed E-state index contributed by atoms with van der Waals surface area (Å²) in [6, 6.07) is 5.10. The van der Waals surface area contributed by atoms with Crippen LogP contribution in [0.4, 0.5) is 4.79 Å². The number of hydrogen-bond donors (Lipinski definition) is 1. The molecule has 0 radical (unpaired) electrons. The summed E-state index contributed by atoms with van der Waals surface area (Å²) in [5.74, 6) is 0.495. The van der Waals surface area contributed by atoms with E-state index in [1.807, 2.05) is 0 Å². The zero-order valence-electron chi connectivity index (χ0n) is 16.8. The van der Waals surface area contributed by atoms with Gasteiger partial charge in [-0.3, -0.25) is 9.89 Å². The first-order valence-electron chi connectivity index (χ1n) is 9.86. The van der Waals surface area contributed by atoms with E-state index >= 15 is 0 Å². The first-order valence-corrected chi connectivity index (χ1v) is 10.6. The maximum atomic E-state index is 12.3. The lowest BCUT2D eigenvalue weighted by Gasteiger charge is -2.32. The van der Waals surface area contributed by atoms with Crippen molar-refractivity contribution in [3.63, 3.8) is 0 Å². The molecule has 1 saturated heterocycles. The maximum Gasteiger partial charge on any atom is 0.410 e. The Balaban J connectivity index is 1.35. The lowest BCUT2D eigenvalue weighted by Crippen LogP contribution is -2.39. The molecule has 1 aromatic carbocycles. The van der Waals surface area contributed by atoms with Gasteiger partial charge in [0.05, 0.1) is 12.1 Å². The molecule has 0 bridgehead atoms. The van der Waals surface area contributed by atoms with Crippen LogP contribution in [0.1, 0.15) is 30.5 Å². The second kappa shape index (κ2) is 10.6. The molecule has 1 N–H and O–H groups in total. The number of carbonyl (C=O) groups excluding carboxylic acids is 2. The molecule has 30 heavy (non-hydrogen) atoms. The zero-order valence-corrected chi connectivity index (χ0v) is 18.3. The maximum absolute atomic E-state index is 12.3. The summed E-state index contributed by atoms with van der Waals surface area (Å²) < 4.78 is 5.40. The summed E-state index contributed by atoms with van der Waals surface area (Å²) in [6.45, 7) is 2.12. The first-order chi connectivity index (χ1) is 14.4. The molecule has 0 unspecified atom stereocenters. The number of benzene rings is 1. The number of H-pyrrole nitrogens is 1. The number of likely N-dealkylation sites (tertiary alicyclic amines) is 1. The smallest absolute Gasteiger partial charge is 0.410 e. The number of aromatic amines is 1. The fourth-order valence-electron chi connectivity index (χ4n) is 3.44. The molecule has 8 nitrogen and oxygen atoms in total. The summed E-state index contributed by atoms with van der Waals surface area (Å²) in [7, 11) is 1.80. The second-order valence-electron chi connectivity index (χ2n) is 7.51. The van der Waals surface area contributed by atoms with Gasteiger partial charge in [0.25, 0.3) is 0 Å². The van der Waals surface area contributed by atoms with Gasteiger partial charge >= 0.3 is 6.09 Å². The molecule has 1 fully saturated rings. The van der Waals surface area contributed by atoms with Crippen molar-refractivity contribution < 1.29 is 14.3 Å². The molecule has 1 aliphatic heterocycles. The van der Waals surface area contributed by atoms with E-state index in [0.29, 0.717) is 41.3 Å². The van der Waals surface area contributed by atoms with Crippen LogP contribution in [-0.4, -0.2) is 63.9 Å². The Morgan fingerprint density at radius 2 is 1.93 bits per heavy atom. The number of amides is 2. The minimum Gasteiger partial charge on any atom is -0.445 e. The van der Waals surface area contributed by atoms with Crippen molar-refractivity contribution in [1.29, 1.82) is 0 Å². The molecule has 0 spiro atoms. The number of ether oxygens (including phenoxy) is 1. The van der Waals surface area contributed by atoms with E-state index in [4.69, 9.17) is 27.9 Å². The van der Waals surface area contributed by atoms with Crippen LogP contribution in [-0.2, 0) is 22.6 Å². The van der Waals surface area contributed by atoms with Crippen LogP contribution < -0.4 is 0 Å². The lowest BCUT2D eigenvalue weighted by molar-refractivity contribution is -0.129. The van der Waals surface area contributed by atoms with Gasteiger partial charge in [-0.05, 0) is 48.9 Å². The molecular formula is C20H25Cl2N5O3. The fourth-order valence-corrected chi connectivity index (χ4v) is 4.01. The monoisotopic (exact) mass is 453 g/mol. The van der Waals surface area contributed by atoms with E-state index in [9.17, 15) is 9.59 Å². The third kappa shape index (κ3) is 6.60. The molecule has 10 heteroatoms. The average molecular weight is 454 g/mol. The van der Waals surface area contributed by atoms with Crippen LogP contribution in [0, 0.1) is 5.92 Å². The summed E-state index contributed by atoms with van der Waals surface area (Å²) in [5.41, 5.74) is 1.40. The predicted molar refractivity (Wildman–Crippen MR) is 113 cm³/mol. The Hall–Kier alpha value is -2.32. The molecule has 1 aromatic heterocycles. The normalized spacial score (nSPS) is 14.6. The molecule has 0 saturated carbocycles. The summed E-state index contributed by atoms with van der Waals surface area (Å²) in [5, 5.41) is 11.1. The molecule has 162 valence electrons. The third-order valence-corrected chi connectivity index (χ3v) is 5.69. The molecule has 2 amide bonds. The molecule has 0 atom stereocenters. The largest absolute Gasteiger partial charge is 0.445 e. The number of likely N-dealkylation sites (N-methyl/N-ethyl adjacent to an activating group) is 1. The van der Waals surface area contributed by atoms with Crippen molar-refractivity contribution in [2.45, 2.75) is 32.3 Å². The highest BCUT2D eigenvalue weighted by Crippen LogP contribution is 2.23. The van der Waals surface area contributed by atoms with Crippen LogP contribution in [0.2, 0.25) is 10.0 Å². The Kier molecular flexibility index (Phi) is 7.93. The lowest BCUT2D eigenvalue weighted by atomic mass is 9.93. The number of aromatic nitrogens is 3. The number of carbonyl (C=O) groups is 2. The summed E-state index contributed by atoms with van der Waals surface area (Å²) >= 11 is 11.9. The van der Waals surface area contributed by atoms with Gasteiger partial charge < -0.3 is 14.5 Å². The van der Waals surface area contributed by atoms with E-state index < -0.39 is 0 Å². The summed E-state index contributed by atoms with van der Waals surface area (Å²) in [4.78, 5) is 28.0. The van der Waals surface area contributed by atoms with Gasteiger partial charge in [0, 0.05) is 42.9 Å². The molecular weight excluding hydrogens is 429 g/mol. The first kappa shape index (κ1) is 22.4. The van der Waals surface area contributed by atoms with Gasteiger partial charge in [0.2, 0.25) is 5.91 Å². The Labute approximate surface area is 185 Å². The Morgan fingerprint density at radius 3 is 2.57 bits per heavy atom. The number of piperidine rings is 1. The van der Waals surface area contributed by atoms with Gasteiger partial charge in [-0.1, -0.05) is 28.4 Å². The van der Waals surface area contributed by atoms with Crippen molar-refractivity contribution in [3.05, 3.63) is 45.7 Å². The fraction of sp³-hybridized carbons (Fsp3) is 0.500. The van der Waals surface area contributed by atoms with E-state index in [-0.39, 0.29) is 25.0 Å². The van der Waals surface area contributed by atoms with E-state index in [1.54, 1.807) is 41.2 Å². The van der Waals surface area contributed by atoms with Gasteiger partial charge in [-0.2, -0.15) is 0 Å². The van der Waals surface area contributed by atoms with E-state index in [1.165, 1.54) is 0 Å².